The number of ether oxygens (including phenoxy) is 1. The molecule has 3 nitrogen and oxygen atoms in total. The summed E-state index contributed by atoms with van der Waals surface area (Å²) in [6, 6.07) is 8.92. The van der Waals surface area contributed by atoms with Gasteiger partial charge < -0.3 is 4.74 Å². The van der Waals surface area contributed by atoms with Gasteiger partial charge in [0.1, 0.15) is 0 Å². The Morgan fingerprint density at radius 3 is 2.70 bits per heavy atom. The fourth-order valence-corrected chi connectivity index (χ4v) is 2.31. The van der Waals surface area contributed by atoms with E-state index in [1.165, 1.54) is 0 Å². The van der Waals surface area contributed by atoms with Crippen molar-refractivity contribution in [3.8, 4) is 11.8 Å². The van der Waals surface area contributed by atoms with Crippen LogP contribution in [-0.2, 0) is 4.74 Å². The van der Waals surface area contributed by atoms with E-state index in [0.717, 1.165) is 23.8 Å². The van der Waals surface area contributed by atoms with Crippen LogP contribution in [0.4, 0.5) is 0 Å². The van der Waals surface area contributed by atoms with Crippen LogP contribution < -0.4 is 0 Å². The normalized spacial score (nSPS) is 12.8. The summed E-state index contributed by atoms with van der Waals surface area (Å²) >= 11 is 0. The lowest BCUT2D eigenvalue weighted by Gasteiger charge is -2.15. The molecule has 2 aromatic carbocycles. The highest BCUT2D eigenvalue weighted by atomic mass is 16.6. The first-order valence-electron chi connectivity index (χ1n) is 6.53. The molecule has 98 valence electrons. The van der Waals surface area contributed by atoms with E-state index in [9.17, 15) is 9.59 Å². The third kappa shape index (κ3) is 1.96. The number of carbonyl (C=O) groups is 2. The number of hydrogen-bond donors (Lipinski definition) is 0. The molecule has 0 spiro atoms. The SMILES string of the molecule is CCCC#Cc1cc2c3c(cccc3c1)C(=O)OC2=O. The van der Waals surface area contributed by atoms with Crippen LogP contribution in [0.15, 0.2) is 30.3 Å². The minimum absolute atomic E-state index is 0.415. The first-order chi connectivity index (χ1) is 9.70. The zero-order chi connectivity index (χ0) is 14.1. The second-order valence-electron chi connectivity index (χ2n) is 4.66. The first kappa shape index (κ1) is 12.4. The number of benzene rings is 2. The van der Waals surface area contributed by atoms with Gasteiger partial charge >= 0.3 is 11.9 Å². The van der Waals surface area contributed by atoms with Gasteiger partial charge in [-0.15, -0.1) is 0 Å². The van der Waals surface area contributed by atoms with Crippen molar-refractivity contribution in [3.63, 3.8) is 0 Å². The Balaban J connectivity index is 2.25. The van der Waals surface area contributed by atoms with Crippen LogP contribution in [-0.4, -0.2) is 11.9 Å². The Kier molecular flexibility index (Phi) is 3.00. The second-order valence-corrected chi connectivity index (χ2v) is 4.66. The largest absolute Gasteiger partial charge is 0.386 e. The molecule has 20 heavy (non-hydrogen) atoms. The highest BCUT2D eigenvalue weighted by molar-refractivity contribution is 6.20. The number of unbranched alkanes of at least 4 members (excludes halogenated alkanes) is 1. The zero-order valence-electron chi connectivity index (χ0n) is 11.0. The van der Waals surface area contributed by atoms with Gasteiger partial charge in [0, 0.05) is 17.4 Å². The molecule has 0 radical (unpaired) electrons. The molecule has 1 aliphatic heterocycles. The summed E-state index contributed by atoms with van der Waals surface area (Å²) < 4.78 is 4.76. The fourth-order valence-electron chi connectivity index (χ4n) is 2.31. The zero-order valence-corrected chi connectivity index (χ0v) is 11.0. The highest BCUT2D eigenvalue weighted by Crippen LogP contribution is 2.29. The summed E-state index contributed by atoms with van der Waals surface area (Å²) in [5, 5.41) is 1.50. The van der Waals surface area contributed by atoms with E-state index in [-0.39, 0.29) is 0 Å². The molecule has 0 aromatic heterocycles. The lowest BCUT2D eigenvalue weighted by molar-refractivity contribution is 0.0391. The molecule has 2 aromatic rings. The van der Waals surface area contributed by atoms with Crippen LogP contribution in [0.25, 0.3) is 10.8 Å². The molecule has 1 heterocycles. The van der Waals surface area contributed by atoms with Gasteiger partial charge in [0.05, 0.1) is 11.1 Å². The molecule has 1 aliphatic rings. The smallest absolute Gasteiger partial charge is 0.346 e. The first-order valence-corrected chi connectivity index (χ1v) is 6.53. The van der Waals surface area contributed by atoms with E-state index in [2.05, 4.69) is 18.8 Å². The van der Waals surface area contributed by atoms with Gasteiger partial charge in [-0.2, -0.15) is 0 Å². The van der Waals surface area contributed by atoms with E-state index in [1.54, 1.807) is 18.2 Å². The molecule has 0 saturated heterocycles. The predicted octanol–water partition coefficient (Wildman–Crippen LogP) is 3.30. The maximum Gasteiger partial charge on any atom is 0.346 e. The van der Waals surface area contributed by atoms with Crippen LogP contribution >= 0.6 is 0 Å². The Morgan fingerprint density at radius 2 is 1.90 bits per heavy atom. The van der Waals surface area contributed by atoms with Crippen LogP contribution in [0, 0.1) is 11.8 Å². The van der Waals surface area contributed by atoms with Crippen molar-refractivity contribution in [3.05, 3.63) is 47.0 Å². The molecule has 0 saturated carbocycles. The van der Waals surface area contributed by atoms with Crippen molar-refractivity contribution in [1.29, 1.82) is 0 Å². The van der Waals surface area contributed by atoms with E-state index in [0.29, 0.717) is 16.5 Å². The summed E-state index contributed by atoms with van der Waals surface area (Å²) in [6.45, 7) is 2.06. The van der Waals surface area contributed by atoms with Crippen LogP contribution in [0.2, 0.25) is 0 Å². The van der Waals surface area contributed by atoms with Gasteiger partial charge in [0.2, 0.25) is 0 Å². The molecule has 0 aliphatic carbocycles. The van der Waals surface area contributed by atoms with Gasteiger partial charge in [0.15, 0.2) is 0 Å². The second kappa shape index (κ2) is 4.82. The fraction of sp³-hybridized carbons (Fsp3) is 0.176. The number of rotatable bonds is 1. The summed E-state index contributed by atoms with van der Waals surface area (Å²) in [6.07, 6.45) is 1.81. The summed E-state index contributed by atoms with van der Waals surface area (Å²) in [4.78, 5) is 23.6. The molecule has 0 fully saturated rings. The Hall–Kier alpha value is -2.60. The molecule has 0 N–H and O–H groups in total. The standard InChI is InChI=1S/C17H12O3/c1-2-3-4-6-11-9-12-7-5-8-13-15(12)14(10-11)17(19)20-16(13)18/h5,7-10H,2-3H2,1H3. The summed E-state index contributed by atoms with van der Waals surface area (Å²) in [5.74, 6) is 4.92. The van der Waals surface area contributed by atoms with Crippen molar-refractivity contribution in [1.82, 2.24) is 0 Å². The molecular weight excluding hydrogens is 252 g/mol. The molecule has 0 atom stereocenters. The molecule has 0 amide bonds. The average molecular weight is 264 g/mol. The van der Waals surface area contributed by atoms with Gasteiger partial charge in [-0.3, -0.25) is 0 Å². The molecule has 0 bridgehead atoms. The maximum absolute atomic E-state index is 11.9. The van der Waals surface area contributed by atoms with Gasteiger partial charge in [-0.1, -0.05) is 30.9 Å². The van der Waals surface area contributed by atoms with E-state index < -0.39 is 11.9 Å². The lowest BCUT2D eigenvalue weighted by Crippen LogP contribution is -2.19. The Morgan fingerprint density at radius 1 is 1.10 bits per heavy atom. The topological polar surface area (TPSA) is 43.4 Å². The van der Waals surface area contributed by atoms with E-state index in [1.807, 2.05) is 12.1 Å². The molecular formula is C17H12O3. The van der Waals surface area contributed by atoms with Crippen molar-refractivity contribution < 1.29 is 14.3 Å². The highest BCUT2D eigenvalue weighted by Gasteiger charge is 2.27. The quantitative estimate of drug-likeness (QED) is 0.451. The number of hydrogen-bond acceptors (Lipinski definition) is 3. The predicted molar refractivity (Wildman–Crippen MR) is 75.5 cm³/mol. The summed E-state index contributed by atoms with van der Waals surface area (Å²) in [7, 11) is 0. The Labute approximate surface area is 116 Å². The van der Waals surface area contributed by atoms with Gasteiger partial charge in [0.25, 0.3) is 0 Å². The Bertz CT molecular complexity index is 791. The third-order valence-electron chi connectivity index (χ3n) is 3.21. The number of esters is 2. The number of cyclic esters (lactones) is 2. The number of carbonyl (C=O) groups excluding carboxylic acids is 2. The van der Waals surface area contributed by atoms with E-state index in [4.69, 9.17) is 4.74 Å². The van der Waals surface area contributed by atoms with Gasteiger partial charge in [-0.05, 0) is 30.0 Å². The van der Waals surface area contributed by atoms with Crippen molar-refractivity contribution in [2.45, 2.75) is 19.8 Å². The monoisotopic (exact) mass is 264 g/mol. The minimum Gasteiger partial charge on any atom is -0.386 e. The summed E-state index contributed by atoms with van der Waals surface area (Å²) in [5.41, 5.74) is 1.62. The van der Waals surface area contributed by atoms with Gasteiger partial charge in [-0.25, -0.2) is 9.59 Å². The van der Waals surface area contributed by atoms with Crippen LogP contribution in [0.1, 0.15) is 46.0 Å². The van der Waals surface area contributed by atoms with Crippen molar-refractivity contribution >= 4 is 22.7 Å². The molecule has 3 rings (SSSR count). The average Bonchev–Trinajstić information content (AvgIpc) is 2.44. The molecule has 3 heteroatoms. The van der Waals surface area contributed by atoms with E-state index >= 15 is 0 Å². The maximum atomic E-state index is 11.9. The molecule has 0 unspecified atom stereocenters. The van der Waals surface area contributed by atoms with Crippen molar-refractivity contribution in [2.24, 2.45) is 0 Å². The van der Waals surface area contributed by atoms with Crippen LogP contribution in [0.5, 0.6) is 0 Å². The van der Waals surface area contributed by atoms with Crippen LogP contribution in [0.3, 0.4) is 0 Å². The lowest BCUT2D eigenvalue weighted by atomic mass is 9.95. The van der Waals surface area contributed by atoms with Crippen molar-refractivity contribution in [2.75, 3.05) is 0 Å². The minimum atomic E-state index is -0.599. The third-order valence-corrected chi connectivity index (χ3v) is 3.21.